The molecule has 0 unspecified atom stereocenters. The largest absolute Gasteiger partial charge is 0.494 e. The van der Waals surface area contributed by atoms with Crippen LogP contribution in [-0.2, 0) is 10.0 Å². The molecule has 2 N–H and O–H groups in total. The van der Waals surface area contributed by atoms with Crippen LogP contribution in [0.2, 0.25) is 5.02 Å². The third-order valence-electron chi connectivity index (χ3n) is 3.62. The molecule has 0 bridgehead atoms. The molecular weight excluding hydrogens is 388 g/mol. The van der Waals surface area contributed by atoms with Gasteiger partial charge >= 0.3 is 0 Å². The zero-order valence-electron chi connectivity index (χ0n) is 14.4. The number of sulfonamides is 1. The molecule has 7 nitrogen and oxygen atoms in total. The van der Waals surface area contributed by atoms with Gasteiger partial charge in [-0.05, 0) is 43.3 Å². The lowest BCUT2D eigenvalue weighted by molar-refractivity contribution is 0.340. The fourth-order valence-corrected chi connectivity index (χ4v) is 3.26. The summed E-state index contributed by atoms with van der Waals surface area (Å²) in [6.45, 7) is 2.37. The number of benzene rings is 2. The number of rotatable bonds is 7. The van der Waals surface area contributed by atoms with Gasteiger partial charge in [-0.2, -0.15) is 18.6 Å². The summed E-state index contributed by atoms with van der Waals surface area (Å²) in [6.07, 6.45) is 2.94. The number of hydrogen-bond acceptors (Lipinski definition) is 5. The smallest absolute Gasteiger partial charge is 0.276 e. The van der Waals surface area contributed by atoms with Gasteiger partial charge in [0, 0.05) is 16.1 Å². The van der Waals surface area contributed by atoms with Crippen LogP contribution in [0.4, 0.5) is 0 Å². The Morgan fingerprint density at radius 1 is 1.19 bits per heavy atom. The summed E-state index contributed by atoms with van der Waals surface area (Å²) in [5.74, 6) is 0.603. The second-order valence-corrected chi connectivity index (χ2v) is 7.56. The minimum Gasteiger partial charge on any atom is -0.494 e. The van der Waals surface area contributed by atoms with Crippen LogP contribution in [-0.4, -0.2) is 31.4 Å². The second-order valence-electron chi connectivity index (χ2n) is 5.46. The summed E-state index contributed by atoms with van der Waals surface area (Å²) in [7, 11) is -3.78. The highest BCUT2D eigenvalue weighted by Gasteiger charge is 2.13. The lowest BCUT2D eigenvalue weighted by atomic mass is 10.1. The van der Waals surface area contributed by atoms with Gasteiger partial charge < -0.3 is 4.74 Å². The fourth-order valence-electron chi connectivity index (χ4n) is 2.34. The molecular formula is C18H17ClN4O3S. The first-order chi connectivity index (χ1) is 13.0. The van der Waals surface area contributed by atoms with Crippen molar-refractivity contribution in [3.63, 3.8) is 0 Å². The normalized spacial score (nSPS) is 11.6. The van der Waals surface area contributed by atoms with Crippen LogP contribution in [0.1, 0.15) is 12.5 Å². The first-order valence-corrected chi connectivity index (χ1v) is 9.93. The Hall–Kier alpha value is -2.84. The topological polar surface area (TPSA) is 96.4 Å². The van der Waals surface area contributed by atoms with E-state index in [1.807, 2.05) is 19.1 Å². The summed E-state index contributed by atoms with van der Waals surface area (Å²) in [6, 6.07) is 13.3. The van der Waals surface area contributed by atoms with Crippen LogP contribution in [0.5, 0.6) is 5.75 Å². The molecule has 0 atom stereocenters. The van der Waals surface area contributed by atoms with E-state index in [1.54, 1.807) is 30.5 Å². The van der Waals surface area contributed by atoms with E-state index in [4.69, 9.17) is 16.3 Å². The molecule has 0 amide bonds. The van der Waals surface area contributed by atoms with Crippen molar-refractivity contribution in [1.29, 1.82) is 0 Å². The van der Waals surface area contributed by atoms with Crippen molar-refractivity contribution in [2.75, 3.05) is 6.61 Å². The van der Waals surface area contributed by atoms with E-state index in [0.29, 0.717) is 28.6 Å². The lowest BCUT2D eigenvalue weighted by Crippen LogP contribution is -2.18. The van der Waals surface area contributed by atoms with E-state index in [-0.39, 0.29) is 4.90 Å². The predicted octanol–water partition coefficient (Wildman–Crippen LogP) is 3.44. The Labute approximate surface area is 162 Å². The van der Waals surface area contributed by atoms with E-state index < -0.39 is 10.0 Å². The molecule has 0 saturated heterocycles. The van der Waals surface area contributed by atoms with Crippen LogP contribution < -0.4 is 9.57 Å². The number of halogens is 1. The number of hydrogen-bond donors (Lipinski definition) is 2. The van der Waals surface area contributed by atoms with Crippen LogP contribution in [0, 0.1) is 0 Å². The molecule has 27 heavy (non-hydrogen) atoms. The van der Waals surface area contributed by atoms with Crippen molar-refractivity contribution in [3.8, 4) is 17.0 Å². The average molecular weight is 405 g/mol. The molecule has 0 radical (unpaired) electrons. The van der Waals surface area contributed by atoms with Gasteiger partial charge in [-0.1, -0.05) is 23.7 Å². The van der Waals surface area contributed by atoms with Gasteiger partial charge in [0.05, 0.1) is 29.6 Å². The molecule has 3 rings (SSSR count). The molecule has 0 spiro atoms. The lowest BCUT2D eigenvalue weighted by Gasteiger charge is -2.06. The molecule has 140 valence electrons. The minimum atomic E-state index is -3.78. The minimum absolute atomic E-state index is 0.0909. The van der Waals surface area contributed by atoms with Gasteiger partial charge in [-0.15, -0.1) is 0 Å². The highest BCUT2D eigenvalue weighted by molar-refractivity contribution is 7.89. The summed E-state index contributed by atoms with van der Waals surface area (Å²) in [5.41, 5.74) is 2.19. The summed E-state index contributed by atoms with van der Waals surface area (Å²) in [4.78, 5) is 2.28. The molecule has 0 saturated carbocycles. The average Bonchev–Trinajstić information content (AvgIpc) is 3.11. The first-order valence-electron chi connectivity index (χ1n) is 8.06. The van der Waals surface area contributed by atoms with E-state index in [1.165, 1.54) is 18.3 Å². The van der Waals surface area contributed by atoms with E-state index in [2.05, 4.69) is 20.1 Å². The summed E-state index contributed by atoms with van der Waals surface area (Å²) >= 11 is 5.90. The van der Waals surface area contributed by atoms with Gasteiger partial charge in [0.25, 0.3) is 10.0 Å². The van der Waals surface area contributed by atoms with Crippen molar-refractivity contribution < 1.29 is 13.2 Å². The number of nitrogens with zero attached hydrogens (tertiary/aromatic N) is 2. The van der Waals surface area contributed by atoms with Crippen LogP contribution in [0.15, 0.2) is 64.7 Å². The van der Waals surface area contributed by atoms with Crippen molar-refractivity contribution in [2.45, 2.75) is 11.8 Å². The molecule has 0 aliphatic heterocycles. The van der Waals surface area contributed by atoms with E-state index in [0.717, 1.165) is 5.56 Å². The second kappa shape index (κ2) is 8.24. The maximum absolute atomic E-state index is 12.3. The summed E-state index contributed by atoms with van der Waals surface area (Å²) < 4.78 is 29.9. The highest BCUT2D eigenvalue weighted by atomic mass is 35.5. The number of nitrogens with one attached hydrogen (secondary N) is 2. The summed E-state index contributed by atoms with van der Waals surface area (Å²) in [5, 5.41) is 11.3. The van der Waals surface area contributed by atoms with Crippen molar-refractivity contribution in [1.82, 2.24) is 15.0 Å². The molecule has 0 aliphatic carbocycles. The Morgan fingerprint density at radius 3 is 2.56 bits per heavy atom. The first kappa shape index (κ1) is 18.9. The SMILES string of the molecule is CCOc1ccc(S(=O)(=O)NN=Cc2cn[nH]c2-c2ccc(Cl)cc2)cc1. The third kappa shape index (κ3) is 4.66. The van der Waals surface area contributed by atoms with E-state index >= 15 is 0 Å². The maximum Gasteiger partial charge on any atom is 0.276 e. The standard InChI is InChI=1S/C18H17ClN4O3S/c1-2-26-16-7-9-17(10-8-16)27(24,25)23-21-12-14-11-20-22-18(14)13-3-5-15(19)6-4-13/h3-12,23H,2H2,1H3,(H,20,22). The molecule has 9 heteroatoms. The Balaban J connectivity index is 1.74. The zero-order chi connectivity index (χ0) is 19.3. The van der Waals surface area contributed by atoms with Gasteiger partial charge in [0.2, 0.25) is 0 Å². The molecule has 0 fully saturated rings. The van der Waals surface area contributed by atoms with Crippen molar-refractivity contribution >= 4 is 27.8 Å². The number of aromatic amines is 1. The zero-order valence-corrected chi connectivity index (χ0v) is 16.0. The van der Waals surface area contributed by atoms with Crippen LogP contribution in [0.25, 0.3) is 11.3 Å². The van der Waals surface area contributed by atoms with Gasteiger partial charge in [-0.25, -0.2) is 4.83 Å². The maximum atomic E-state index is 12.3. The Bertz CT molecular complexity index is 1030. The van der Waals surface area contributed by atoms with E-state index in [9.17, 15) is 8.42 Å². The van der Waals surface area contributed by atoms with Crippen LogP contribution >= 0.6 is 11.6 Å². The quantitative estimate of drug-likeness (QED) is 0.465. The van der Waals surface area contributed by atoms with Crippen molar-refractivity contribution in [3.05, 3.63) is 65.3 Å². The molecule has 1 aromatic heterocycles. The van der Waals surface area contributed by atoms with Crippen molar-refractivity contribution in [2.24, 2.45) is 5.10 Å². The predicted molar refractivity (Wildman–Crippen MR) is 105 cm³/mol. The number of ether oxygens (including phenoxy) is 1. The number of hydrazone groups is 1. The monoisotopic (exact) mass is 404 g/mol. The number of aromatic nitrogens is 2. The third-order valence-corrected chi connectivity index (χ3v) is 5.11. The fraction of sp³-hybridized carbons (Fsp3) is 0.111. The Morgan fingerprint density at radius 2 is 1.89 bits per heavy atom. The molecule has 1 heterocycles. The van der Waals surface area contributed by atoms with Crippen LogP contribution in [0.3, 0.4) is 0 Å². The highest BCUT2D eigenvalue weighted by Crippen LogP contribution is 2.22. The Kier molecular flexibility index (Phi) is 5.78. The molecule has 0 aliphatic rings. The molecule has 2 aromatic carbocycles. The van der Waals surface area contributed by atoms with Gasteiger partial charge in [-0.3, -0.25) is 5.10 Å². The van der Waals surface area contributed by atoms with Gasteiger partial charge in [0.15, 0.2) is 0 Å². The van der Waals surface area contributed by atoms with Gasteiger partial charge in [0.1, 0.15) is 5.75 Å². The molecule has 3 aromatic rings. The number of H-pyrrole nitrogens is 1.